The number of aryl methyl sites for hydroxylation is 1. The Bertz CT molecular complexity index is 747. The molecule has 1 heterocycles. The van der Waals surface area contributed by atoms with E-state index in [1.807, 2.05) is 37.3 Å². The van der Waals surface area contributed by atoms with E-state index in [1.165, 1.54) is 23.8 Å². The van der Waals surface area contributed by atoms with Gasteiger partial charge in [-0.1, -0.05) is 36.4 Å². The summed E-state index contributed by atoms with van der Waals surface area (Å²) in [7, 11) is 0. The second-order valence-electron chi connectivity index (χ2n) is 6.23. The molecule has 7 heteroatoms. The standard InChI is InChI=1S/C20H24N2O4S/c1-14(10-11-16-7-4-3-5-8-16)22-19(24)15(2)26-18(23)13-21-20(25)17-9-6-12-27-17/h3-9,12,14-15H,10-11,13H2,1-2H3,(H,21,25)(H,22,24)/t14-,15-/m0/s1. The zero-order chi connectivity index (χ0) is 19.6. The topological polar surface area (TPSA) is 84.5 Å². The van der Waals surface area contributed by atoms with E-state index >= 15 is 0 Å². The van der Waals surface area contributed by atoms with Gasteiger partial charge in [-0.2, -0.15) is 0 Å². The summed E-state index contributed by atoms with van der Waals surface area (Å²) in [5, 5.41) is 7.09. The first kappa shape index (κ1) is 20.6. The fraction of sp³-hybridized carbons (Fsp3) is 0.350. The molecule has 0 unspecified atom stereocenters. The van der Waals surface area contributed by atoms with Crippen molar-refractivity contribution in [2.45, 2.75) is 38.8 Å². The largest absolute Gasteiger partial charge is 0.451 e. The minimum Gasteiger partial charge on any atom is -0.451 e. The smallest absolute Gasteiger partial charge is 0.326 e. The van der Waals surface area contributed by atoms with Crippen LogP contribution >= 0.6 is 11.3 Å². The number of carbonyl (C=O) groups is 3. The first-order chi connectivity index (χ1) is 13.0. The molecule has 2 aromatic rings. The Labute approximate surface area is 162 Å². The lowest BCUT2D eigenvalue weighted by molar-refractivity contribution is -0.154. The molecule has 0 aliphatic heterocycles. The van der Waals surface area contributed by atoms with Gasteiger partial charge >= 0.3 is 5.97 Å². The van der Waals surface area contributed by atoms with Crippen molar-refractivity contribution in [1.29, 1.82) is 0 Å². The summed E-state index contributed by atoms with van der Waals surface area (Å²) < 4.78 is 5.08. The highest BCUT2D eigenvalue weighted by molar-refractivity contribution is 7.12. The molecular formula is C20H24N2O4S. The molecule has 144 valence electrons. The quantitative estimate of drug-likeness (QED) is 0.647. The van der Waals surface area contributed by atoms with Crippen LogP contribution in [0.1, 0.15) is 35.5 Å². The van der Waals surface area contributed by atoms with Gasteiger partial charge in [-0.15, -0.1) is 11.3 Å². The summed E-state index contributed by atoms with van der Waals surface area (Å²) in [5.74, 6) is -1.35. The van der Waals surface area contributed by atoms with Gasteiger partial charge in [-0.25, -0.2) is 0 Å². The normalized spacial score (nSPS) is 12.7. The van der Waals surface area contributed by atoms with E-state index in [2.05, 4.69) is 10.6 Å². The summed E-state index contributed by atoms with van der Waals surface area (Å²) in [6, 6.07) is 13.4. The van der Waals surface area contributed by atoms with Crippen molar-refractivity contribution in [3.63, 3.8) is 0 Å². The molecule has 2 atom stereocenters. The zero-order valence-electron chi connectivity index (χ0n) is 15.4. The number of thiophene rings is 1. The van der Waals surface area contributed by atoms with E-state index in [0.29, 0.717) is 4.88 Å². The summed E-state index contributed by atoms with van der Waals surface area (Å²) in [6.07, 6.45) is 0.716. The Kier molecular flexibility index (Phi) is 8.00. The Balaban J connectivity index is 1.67. The van der Waals surface area contributed by atoms with Crippen LogP contribution in [0.25, 0.3) is 0 Å². The maximum absolute atomic E-state index is 12.2. The Morgan fingerprint density at radius 3 is 2.48 bits per heavy atom. The van der Waals surface area contributed by atoms with E-state index in [-0.39, 0.29) is 24.4 Å². The van der Waals surface area contributed by atoms with Crippen LogP contribution in [0.5, 0.6) is 0 Å². The van der Waals surface area contributed by atoms with Crippen molar-refractivity contribution in [3.05, 3.63) is 58.3 Å². The predicted molar refractivity (Wildman–Crippen MR) is 105 cm³/mol. The number of hydrogen-bond donors (Lipinski definition) is 2. The zero-order valence-corrected chi connectivity index (χ0v) is 16.3. The maximum Gasteiger partial charge on any atom is 0.326 e. The Morgan fingerprint density at radius 2 is 1.81 bits per heavy atom. The molecule has 0 spiro atoms. The number of carbonyl (C=O) groups excluding carboxylic acids is 3. The number of hydrogen-bond acceptors (Lipinski definition) is 5. The highest BCUT2D eigenvalue weighted by Crippen LogP contribution is 2.08. The molecule has 0 saturated carbocycles. The lowest BCUT2D eigenvalue weighted by Crippen LogP contribution is -2.42. The summed E-state index contributed by atoms with van der Waals surface area (Å²) in [5.41, 5.74) is 1.21. The Morgan fingerprint density at radius 1 is 1.07 bits per heavy atom. The number of rotatable bonds is 9. The highest BCUT2D eigenvalue weighted by Gasteiger charge is 2.20. The van der Waals surface area contributed by atoms with Crippen molar-refractivity contribution in [3.8, 4) is 0 Å². The van der Waals surface area contributed by atoms with Crippen LogP contribution in [0.2, 0.25) is 0 Å². The molecule has 1 aromatic heterocycles. The molecule has 2 rings (SSSR count). The van der Waals surface area contributed by atoms with Gasteiger partial charge in [-0.05, 0) is 43.7 Å². The molecule has 2 N–H and O–H groups in total. The van der Waals surface area contributed by atoms with E-state index in [4.69, 9.17) is 4.74 Å². The molecule has 2 amide bonds. The van der Waals surface area contributed by atoms with Gasteiger partial charge in [0.2, 0.25) is 0 Å². The van der Waals surface area contributed by atoms with Gasteiger partial charge in [-0.3, -0.25) is 14.4 Å². The number of amides is 2. The van der Waals surface area contributed by atoms with Gasteiger partial charge in [0.15, 0.2) is 6.10 Å². The van der Waals surface area contributed by atoms with Crippen LogP contribution in [-0.4, -0.2) is 36.5 Å². The van der Waals surface area contributed by atoms with Crippen LogP contribution < -0.4 is 10.6 Å². The van der Waals surface area contributed by atoms with E-state index in [1.54, 1.807) is 17.5 Å². The van der Waals surface area contributed by atoms with Gasteiger partial charge < -0.3 is 15.4 Å². The van der Waals surface area contributed by atoms with E-state index in [9.17, 15) is 14.4 Å². The molecule has 0 saturated heterocycles. The molecular weight excluding hydrogens is 364 g/mol. The molecule has 0 aliphatic carbocycles. The van der Waals surface area contributed by atoms with Crippen LogP contribution in [0, 0.1) is 0 Å². The summed E-state index contributed by atoms with van der Waals surface area (Å²) in [4.78, 5) is 36.3. The minimum atomic E-state index is -0.921. The van der Waals surface area contributed by atoms with Crippen molar-refractivity contribution in [2.75, 3.05) is 6.54 Å². The molecule has 6 nitrogen and oxygen atoms in total. The van der Waals surface area contributed by atoms with E-state index in [0.717, 1.165) is 12.8 Å². The molecule has 27 heavy (non-hydrogen) atoms. The fourth-order valence-corrected chi connectivity index (χ4v) is 3.04. The van der Waals surface area contributed by atoms with Crippen LogP contribution in [0.3, 0.4) is 0 Å². The maximum atomic E-state index is 12.2. The van der Waals surface area contributed by atoms with Crippen molar-refractivity contribution in [1.82, 2.24) is 10.6 Å². The second-order valence-corrected chi connectivity index (χ2v) is 7.17. The number of benzene rings is 1. The average Bonchev–Trinajstić information content (AvgIpc) is 3.20. The predicted octanol–water partition coefficient (Wildman–Crippen LogP) is 2.55. The van der Waals surface area contributed by atoms with Gasteiger partial charge in [0.25, 0.3) is 11.8 Å². The number of ether oxygens (including phenoxy) is 1. The summed E-state index contributed by atoms with van der Waals surface area (Å²) in [6.45, 7) is 3.15. The fourth-order valence-electron chi connectivity index (χ4n) is 2.40. The van der Waals surface area contributed by atoms with Crippen LogP contribution in [0.15, 0.2) is 47.8 Å². The Hall–Kier alpha value is -2.67. The lowest BCUT2D eigenvalue weighted by atomic mass is 10.1. The van der Waals surface area contributed by atoms with Crippen molar-refractivity contribution >= 4 is 29.1 Å². The van der Waals surface area contributed by atoms with Gasteiger partial charge in [0, 0.05) is 6.04 Å². The lowest BCUT2D eigenvalue weighted by Gasteiger charge is -2.18. The van der Waals surface area contributed by atoms with Crippen molar-refractivity contribution in [2.24, 2.45) is 0 Å². The van der Waals surface area contributed by atoms with Gasteiger partial charge in [0.05, 0.1) is 4.88 Å². The average molecular weight is 388 g/mol. The monoisotopic (exact) mass is 388 g/mol. The molecule has 0 radical (unpaired) electrons. The van der Waals surface area contributed by atoms with Gasteiger partial charge in [0.1, 0.15) is 6.54 Å². The first-order valence-corrected chi connectivity index (χ1v) is 9.69. The highest BCUT2D eigenvalue weighted by atomic mass is 32.1. The molecule has 0 aliphatic rings. The first-order valence-electron chi connectivity index (χ1n) is 8.81. The third-order valence-electron chi connectivity index (χ3n) is 3.91. The van der Waals surface area contributed by atoms with Crippen LogP contribution in [-0.2, 0) is 20.7 Å². The third kappa shape index (κ3) is 7.22. The second kappa shape index (κ2) is 10.5. The van der Waals surface area contributed by atoms with E-state index < -0.39 is 12.1 Å². The molecule has 0 bridgehead atoms. The molecule has 1 aromatic carbocycles. The minimum absolute atomic E-state index is 0.0441. The van der Waals surface area contributed by atoms with Crippen LogP contribution in [0.4, 0.5) is 0 Å². The number of nitrogens with one attached hydrogen (secondary N) is 2. The SMILES string of the molecule is C[C@H](OC(=O)CNC(=O)c1cccs1)C(=O)N[C@@H](C)CCc1ccccc1. The molecule has 0 fully saturated rings. The summed E-state index contributed by atoms with van der Waals surface area (Å²) >= 11 is 1.28. The van der Waals surface area contributed by atoms with Crippen molar-refractivity contribution < 1.29 is 19.1 Å². The number of esters is 1. The third-order valence-corrected chi connectivity index (χ3v) is 4.78.